The second-order valence-electron chi connectivity index (χ2n) is 5.97. The van der Waals surface area contributed by atoms with Crippen molar-refractivity contribution in [1.82, 2.24) is 9.97 Å². The maximum Gasteiger partial charge on any atom is 0.144 e. The largest absolute Gasteiger partial charge is 0.495 e. The Balaban J connectivity index is 1.84. The monoisotopic (exact) mass is 362 g/mol. The van der Waals surface area contributed by atoms with Gasteiger partial charge in [0.05, 0.1) is 24.9 Å². The van der Waals surface area contributed by atoms with Crippen molar-refractivity contribution in [2.45, 2.75) is 25.7 Å². The first-order chi connectivity index (χ1) is 12.2. The maximum absolute atomic E-state index is 6.16. The highest BCUT2D eigenvalue weighted by Gasteiger charge is 2.14. The van der Waals surface area contributed by atoms with E-state index in [1.807, 2.05) is 6.07 Å². The number of ether oxygens (including phenoxy) is 2. The van der Waals surface area contributed by atoms with Crippen LogP contribution in [-0.4, -0.2) is 37.3 Å². The number of nitrogens with zero attached hydrogens (tertiary/aromatic N) is 3. The van der Waals surface area contributed by atoms with Gasteiger partial charge in [-0.2, -0.15) is 0 Å². The topological polar surface area (TPSA) is 59.5 Å². The average Bonchev–Trinajstić information content (AvgIpc) is 2.92. The fourth-order valence-corrected chi connectivity index (χ4v) is 3.22. The molecule has 0 radical (unpaired) electrons. The molecule has 1 aliphatic rings. The molecule has 7 heteroatoms. The van der Waals surface area contributed by atoms with E-state index >= 15 is 0 Å². The summed E-state index contributed by atoms with van der Waals surface area (Å²) < 4.78 is 10.7. The third kappa shape index (κ3) is 4.25. The van der Waals surface area contributed by atoms with Crippen LogP contribution in [0.4, 0.5) is 17.3 Å². The fraction of sp³-hybridized carbons (Fsp3) is 0.444. The Morgan fingerprint density at radius 1 is 0.960 bits per heavy atom. The SMILES string of the molecule is COc1cc(Nc2cc(N3CCCCCC3)ncn2)c(OC)cc1Cl. The lowest BCUT2D eigenvalue weighted by Gasteiger charge is -2.21. The van der Waals surface area contributed by atoms with E-state index in [1.54, 1.807) is 32.7 Å². The van der Waals surface area contributed by atoms with Crippen molar-refractivity contribution in [3.05, 3.63) is 29.5 Å². The molecule has 1 N–H and O–H groups in total. The van der Waals surface area contributed by atoms with Crippen LogP contribution in [-0.2, 0) is 0 Å². The molecule has 0 unspecified atom stereocenters. The molecule has 1 aromatic carbocycles. The minimum absolute atomic E-state index is 0.498. The highest BCUT2D eigenvalue weighted by Crippen LogP contribution is 2.37. The first-order valence-corrected chi connectivity index (χ1v) is 8.84. The molecule has 0 aliphatic carbocycles. The molecule has 2 aromatic rings. The van der Waals surface area contributed by atoms with Crippen molar-refractivity contribution in [3.8, 4) is 11.5 Å². The van der Waals surface area contributed by atoms with Gasteiger partial charge < -0.3 is 19.7 Å². The average molecular weight is 363 g/mol. The molecule has 3 rings (SSSR count). The van der Waals surface area contributed by atoms with E-state index in [0.717, 1.165) is 24.6 Å². The number of methoxy groups -OCH3 is 2. The summed E-state index contributed by atoms with van der Waals surface area (Å²) in [6, 6.07) is 5.49. The van der Waals surface area contributed by atoms with Gasteiger partial charge in [-0.1, -0.05) is 24.4 Å². The summed E-state index contributed by atoms with van der Waals surface area (Å²) in [5, 5.41) is 3.78. The van der Waals surface area contributed by atoms with Crippen LogP contribution in [0.2, 0.25) is 5.02 Å². The van der Waals surface area contributed by atoms with Gasteiger partial charge in [-0.05, 0) is 12.8 Å². The molecule has 0 bridgehead atoms. The van der Waals surface area contributed by atoms with Gasteiger partial charge in [-0.3, -0.25) is 0 Å². The summed E-state index contributed by atoms with van der Waals surface area (Å²) in [7, 11) is 3.19. The van der Waals surface area contributed by atoms with Gasteiger partial charge in [0.2, 0.25) is 0 Å². The Hall–Kier alpha value is -2.21. The highest BCUT2D eigenvalue weighted by atomic mass is 35.5. The van der Waals surface area contributed by atoms with Crippen LogP contribution >= 0.6 is 11.6 Å². The number of hydrogen-bond donors (Lipinski definition) is 1. The number of aromatic nitrogens is 2. The second kappa shape index (κ2) is 8.25. The quantitative estimate of drug-likeness (QED) is 0.857. The normalized spacial score (nSPS) is 14.8. The Kier molecular flexibility index (Phi) is 5.81. The minimum atomic E-state index is 0.498. The predicted octanol–water partition coefficient (Wildman–Crippen LogP) is 4.27. The Labute approximate surface area is 153 Å². The molecule has 2 heterocycles. The Morgan fingerprint density at radius 2 is 1.68 bits per heavy atom. The summed E-state index contributed by atoms with van der Waals surface area (Å²) in [5.41, 5.74) is 0.740. The van der Waals surface area contributed by atoms with Crippen molar-refractivity contribution < 1.29 is 9.47 Å². The van der Waals surface area contributed by atoms with Crippen molar-refractivity contribution in [2.24, 2.45) is 0 Å². The molecule has 1 saturated heterocycles. The first-order valence-electron chi connectivity index (χ1n) is 8.47. The van der Waals surface area contributed by atoms with E-state index in [4.69, 9.17) is 21.1 Å². The zero-order chi connectivity index (χ0) is 17.6. The van der Waals surface area contributed by atoms with Gasteiger partial charge in [-0.25, -0.2) is 9.97 Å². The van der Waals surface area contributed by atoms with Crippen LogP contribution in [0, 0.1) is 0 Å². The molecular weight excluding hydrogens is 340 g/mol. The number of rotatable bonds is 5. The molecule has 6 nitrogen and oxygen atoms in total. The lowest BCUT2D eigenvalue weighted by atomic mass is 10.2. The van der Waals surface area contributed by atoms with E-state index < -0.39 is 0 Å². The Bertz CT molecular complexity index is 718. The van der Waals surface area contributed by atoms with Crippen LogP contribution in [0.5, 0.6) is 11.5 Å². The standard InChI is InChI=1S/C18H23ClN4O2/c1-24-15-10-14(16(25-2)9-13(15)19)22-17-11-18(21-12-20-17)23-7-5-3-4-6-8-23/h9-12H,3-8H2,1-2H3,(H,20,21,22). The minimum Gasteiger partial charge on any atom is -0.495 e. The molecule has 0 spiro atoms. The van der Waals surface area contributed by atoms with E-state index in [9.17, 15) is 0 Å². The van der Waals surface area contributed by atoms with Crippen molar-refractivity contribution in [2.75, 3.05) is 37.5 Å². The summed E-state index contributed by atoms with van der Waals surface area (Å²) >= 11 is 6.16. The first kappa shape index (κ1) is 17.6. The molecule has 1 aliphatic heterocycles. The fourth-order valence-electron chi connectivity index (χ4n) is 2.98. The smallest absolute Gasteiger partial charge is 0.144 e. The predicted molar refractivity (Wildman–Crippen MR) is 101 cm³/mol. The Morgan fingerprint density at radius 3 is 2.36 bits per heavy atom. The number of halogens is 1. The molecule has 1 fully saturated rings. The summed E-state index contributed by atoms with van der Waals surface area (Å²) in [5.74, 6) is 2.85. The van der Waals surface area contributed by atoms with Crippen LogP contribution in [0.3, 0.4) is 0 Å². The van der Waals surface area contributed by atoms with Crippen LogP contribution in [0.25, 0.3) is 0 Å². The lowest BCUT2D eigenvalue weighted by molar-refractivity contribution is 0.405. The molecule has 0 amide bonds. The van der Waals surface area contributed by atoms with Crippen molar-refractivity contribution in [1.29, 1.82) is 0 Å². The van der Waals surface area contributed by atoms with E-state index in [2.05, 4.69) is 20.2 Å². The van der Waals surface area contributed by atoms with Gasteiger partial charge in [0.15, 0.2) is 0 Å². The lowest BCUT2D eigenvalue weighted by Crippen LogP contribution is -2.25. The van der Waals surface area contributed by atoms with Gasteiger partial charge in [0.25, 0.3) is 0 Å². The number of hydrogen-bond acceptors (Lipinski definition) is 6. The molecule has 1 aromatic heterocycles. The third-order valence-electron chi connectivity index (χ3n) is 4.32. The highest BCUT2D eigenvalue weighted by molar-refractivity contribution is 6.32. The van der Waals surface area contributed by atoms with Crippen LogP contribution in [0.1, 0.15) is 25.7 Å². The number of anilines is 3. The van der Waals surface area contributed by atoms with Crippen LogP contribution < -0.4 is 19.7 Å². The van der Waals surface area contributed by atoms with E-state index in [1.165, 1.54) is 25.7 Å². The molecule has 25 heavy (non-hydrogen) atoms. The second-order valence-corrected chi connectivity index (χ2v) is 6.38. The molecule has 0 atom stereocenters. The van der Waals surface area contributed by atoms with Crippen molar-refractivity contribution in [3.63, 3.8) is 0 Å². The van der Waals surface area contributed by atoms with E-state index in [0.29, 0.717) is 22.3 Å². The van der Waals surface area contributed by atoms with Gasteiger partial charge in [-0.15, -0.1) is 0 Å². The molecule has 0 saturated carbocycles. The molecule has 134 valence electrons. The zero-order valence-electron chi connectivity index (χ0n) is 14.6. The maximum atomic E-state index is 6.16. The van der Waals surface area contributed by atoms with Crippen molar-refractivity contribution >= 4 is 28.9 Å². The van der Waals surface area contributed by atoms with Crippen LogP contribution in [0.15, 0.2) is 24.5 Å². The zero-order valence-corrected chi connectivity index (χ0v) is 15.3. The summed E-state index contributed by atoms with van der Waals surface area (Å²) in [6.07, 6.45) is 6.56. The van der Waals surface area contributed by atoms with E-state index in [-0.39, 0.29) is 0 Å². The molecular formula is C18H23ClN4O2. The van der Waals surface area contributed by atoms with Gasteiger partial charge >= 0.3 is 0 Å². The summed E-state index contributed by atoms with van der Waals surface area (Å²) in [4.78, 5) is 11.1. The number of benzene rings is 1. The summed E-state index contributed by atoms with van der Waals surface area (Å²) in [6.45, 7) is 2.07. The third-order valence-corrected chi connectivity index (χ3v) is 4.61. The number of nitrogens with one attached hydrogen (secondary N) is 1. The van der Waals surface area contributed by atoms with Gasteiger partial charge in [0, 0.05) is 31.3 Å². The van der Waals surface area contributed by atoms with Gasteiger partial charge in [0.1, 0.15) is 29.5 Å².